The van der Waals surface area contributed by atoms with Crippen molar-refractivity contribution in [1.29, 1.82) is 0 Å². The molecule has 0 saturated heterocycles. The number of halogens is 3. The first-order chi connectivity index (χ1) is 9.61. The number of nitrogens with one attached hydrogen (secondary N) is 1. The normalized spacial score (nSPS) is 12.4. The number of rotatable bonds is 5. The summed E-state index contributed by atoms with van der Waals surface area (Å²) in [5.74, 6) is -1.45. The zero-order chi connectivity index (χ0) is 14.5. The van der Waals surface area contributed by atoms with Gasteiger partial charge in [-0.3, -0.25) is 0 Å². The largest absolute Gasteiger partial charge is 0.316 e. The van der Waals surface area contributed by atoms with Crippen molar-refractivity contribution in [3.8, 4) is 0 Å². The van der Waals surface area contributed by atoms with Crippen LogP contribution >= 0.6 is 0 Å². The highest BCUT2D eigenvalue weighted by atomic mass is 19.1. The molecule has 0 aliphatic heterocycles. The Morgan fingerprint density at radius 2 is 1.45 bits per heavy atom. The summed E-state index contributed by atoms with van der Waals surface area (Å²) in [5.41, 5.74) is 0.562. The van der Waals surface area contributed by atoms with Crippen LogP contribution in [0.15, 0.2) is 42.5 Å². The van der Waals surface area contributed by atoms with Gasteiger partial charge < -0.3 is 5.32 Å². The fourth-order valence-electron chi connectivity index (χ4n) is 2.18. The van der Waals surface area contributed by atoms with E-state index in [1.165, 1.54) is 24.3 Å². The fraction of sp³-hybridized carbons (Fsp3) is 0.250. The van der Waals surface area contributed by atoms with Crippen LogP contribution in [-0.2, 0) is 12.8 Å². The van der Waals surface area contributed by atoms with Crippen LogP contribution < -0.4 is 5.32 Å². The Morgan fingerprint density at radius 1 is 0.850 bits per heavy atom. The van der Waals surface area contributed by atoms with Gasteiger partial charge in [-0.15, -0.1) is 0 Å². The van der Waals surface area contributed by atoms with Crippen molar-refractivity contribution < 1.29 is 13.2 Å². The predicted molar refractivity (Wildman–Crippen MR) is 73.0 cm³/mol. The van der Waals surface area contributed by atoms with Gasteiger partial charge in [0.05, 0.1) is 0 Å². The first-order valence-electron chi connectivity index (χ1n) is 6.45. The molecule has 0 heterocycles. The maximum Gasteiger partial charge on any atom is 0.129 e. The molecule has 0 aromatic heterocycles. The second kappa shape index (κ2) is 6.57. The highest BCUT2D eigenvalue weighted by molar-refractivity contribution is 5.23. The Hall–Kier alpha value is -1.81. The van der Waals surface area contributed by atoms with Crippen LogP contribution in [0.1, 0.15) is 11.1 Å². The van der Waals surface area contributed by atoms with Crippen molar-refractivity contribution in [1.82, 2.24) is 5.32 Å². The molecule has 1 unspecified atom stereocenters. The molecule has 1 N–H and O–H groups in total. The summed E-state index contributed by atoms with van der Waals surface area (Å²) in [4.78, 5) is 0. The fourth-order valence-corrected chi connectivity index (χ4v) is 2.18. The predicted octanol–water partition coefficient (Wildman–Crippen LogP) is 3.48. The minimum atomic E-state index is -0.571. The van der Waals surface area contributed by atoms with Crippen molar-refractivity contribution in [2.24, 2.45) is 0 Å². The molecule has 1 atom stereocenters. The molecule has 0 radical (unpaired) electrons. The lowest BCUT2D eigenvalue weighted by Crippen LogP contribution is -2.31. The van der Waals surface area contributed by atoms with E-state index in [9.17, 15) is 13.2 Å². The van der Waals surface area contributed by atoms with Gasteiger partial charge in [0.25, 0.3) is 0 Å². The number of hydrogen-bond donors (Lipinski definition) is 1. The molecule has 4 heteroatoms. The summed E-state index contributed by atoms with van der Waals surface area (Å²) >= 11 is 0. The molecule has 0 saturated carbocycles. The molecule has 2 aromatic rings. The molecule has 0 amide bonds. The van der Waals surface area contributed by atoms with Crippen LogP contribution in [0.5, 0.6) is 0 Å². The average Bonchev–Trinajstić information content (AvgIpc) is 2.44. The molecule has 0 fully saturated rings. The molecular weight excluding hydrogens is 263 g/mol. The first-order valence-corrected chi connectivity index (χ1v) is 6.45. The minimum Gasteiger partial charge on any atom is -0.316 e. The van der Waals surface area contributed by atoms with E-state index < -0.39 is 11.6 Å². The van der Waals surface area contributed by atoms with Crippen molar-refractivity contribution in [3.63, 3.8) is 0 Å². The standard InChI is InChI=1S/C16H16F3N/c1-20-12(9-11-5-2-3-6-14(11)17)10-13-15(18)7-4-8-16(13)19/h2-8,12,20H,9-10H2,1H3. The zero-order valence-electron chi connectivity index (χ0n) is 11.2. The molecule has 1 nitrogen and oxygen atoms in total. The van der Waals surface area contributed by atoms with Crippen LogP contribution in [0.25, 0.3) is 0 Å². The van der Waals surface area contributed by atoms with Gasteiger partial charge in [-0.1, -0.05) is 24.3 Å². The maximum atomic E-state index is 13.6. The van der Waals surface area contributed by atoms with E-state index in [-0.39, 0.29) is 23.8 Å². The van der Waals surface area contributed by atoms with E-state index >= 15 is 0 Å². The third kappa shape index (κ3) is 3.39. The molecule has 106 valence electrons. The minimum absolute atomic E-state index is 0.0307. The summed E-state index contributed by atoms with van der Waals surface area (Å²) in [5, 5.41) is 2.98. The molecule has 0 aliphatic carbocycles. The molecule has 0 aliphatic rings. The third-order valence-corrected chi connectivity index (χ3v) is 3.34. The summed E-state index contributed by atoms with van der Waals surface area (Å²) in [7, 11) is 1.70. The van der Waals surface area contributed by atoms with Crippen molar-refractivity contribution in [3.05, 3.63) is 71.0 Å². The van der Waals surface area contributed by atoms with Gasteiger partial charge >= 0.3 is 0 Å². The average molecular weight is 279 g/mol. The number of benzene rings is 2. The zero-order valence-corrected chi connectivity index (χ0v) is 11.2. The lowest BCUT2D eigenvalue weighted by molar-refractivity contribution is 0.494. The molecule has 2 rings (SSSR count). The molecular formula is C16H16F3N. The Bertz CT molecular complexity index is 563. The van der Waals surface area contributed by atoms with Crippen LogP contribution in [0.4, 0.5) is 13.2 Å². The third-order valence-electron chi connectivity index (χ3n) is 3.34. The van der Waals surface area contributed by atoms with Gasteiger partial charge in [0, 0.05) is 11.6 Å². The monoisotopic (exact) mass is 279 g/mol. The van der Waals surface area contributed by atoms with Gasteiger partial charge in [0.1, 0.15) is 17.5 Å². The SMILES string of the molecule is CNC(Cc1ccccc1F)Cc1c(F)cccc1F. The van der Waals surface area contributed by atoms with Crippen LogP contribution in [-0.4, -0.2) is 13.1 Å². The first kappa shape index (κ1) is 14.6. The van der Waals surface area contributed by atoms with Crippen LogP contribution in [0.2, 0.25) is 0 Å². The summed E-state index contributed by atoms with van der Waals surface area (Å²) in [6, 6.07) is 9.97. The summed E-state index contributed by atoms with van der Waals surface area (Å²) in [6.45, 7) is 0. The number of hydrogen-bond acceptors (Lipinski definition) is 1. The second-order valence-electron chi connectivity index (χ2n) is 4.69. The lowest BCUT2D eigenvalue weighted by atomic mass is 9.98. The summed E-state index contributed by atoms with van der Waals surface area (Å²) in [6.07, 6.45) is 0.542. The smallest absolute Gasteiger partial charge is 0.129 e. The van der Waals surface area contributed by atoms with Gasteiger partial charge in [-0.25, -0.2) is 13.2 Å². The quantitative estimate of drug-likeness (QED) is 0.883. The highest BCUT2D eigenvalue weighted by Gasteiger charge is 2.16. The van der Waals surface area contributed by atoms with E-state index in [0.717, 1.165) is 0 Å². The Balaban J connectivity index is 2.16. The van der Waals surface area contributed by atoms with Crippen LogP contribution in [0, 0.1) is 17.5 Å². The van der Waals surface area contributed by atoms with Crippen molar-refractivity contribution in [2.45, 2.75) is 18.9 Å². The van der Waals surface area contributed by atoms with Crippen molar-refractivity contribution >= 4 is 0 Å². The van der Waals surface area contributed by atoms with E-state index in [1.54, 1.807) is 25.2 Å². The van der Waals surface area contributed by atoms with Gasteiger partial charge in [0.2, 0.25) is 0 Å². The maximum absolute atomic E-state index is 13.6. The van der Waals surface area contributed by atoms with Crippen LogP contribution in [0.3, 0.4) is 0 Å². The molecule has 0 bridgehead atoms. The topological polar surface area (TPSA) is 12.0 Å². The second-order valence-corrected chi connectivity index (χ2v) is 4.69. The van der Waals surface area contributed by atoms with Gasteiger partial charge in [-0.05, 0) is 43.7 Å². The highest BCUT2D eigenvalue weighted by Crippen LogP contribution is 2.17. The molecule has 20 heavy (non-hydrogen) atoms. The Morgan fingerprint density at radius 3 is 2.05 bits per heavy atom. The van der Waals surface area contributed by atoms with E-state index in [4.69, 9.17) is 0 Å². The van der Waals surface area contributed by atoms with E-state index in [0.29, 0.717) is 12.0 Å². The molecule has 0 spiro atoms. The van der Waals surface area contributed by atoms with E-state index in [2.05, 4.69) is 5.32 Å². The summed E-state index contributed by atoms with van der Waals surface area (Å²) < 4.78 is 40.9. The molecule has 2 aromatic carbocycles. The Kier molecular flexibility index (Phi) is 4.79. The number of likely N-dealkylation sites (N-methyl/N-ethyl adjacent to an activating group) is 1. The van der Waals surface area contributed by atoms with Crippen molar-refractivity contribution in [2.75, 3.05) is 7.05 Å². The van der Waals surface area contributed by atoms with Gasteiger partial charge in [-0.2, -0.15) is 0 Å². The lowest BCUT2D eigenvalue weighted by Gasteiger charge is -2.17. The Labute approximate surface area is 116 Å². The van der Waals surface area contributed by atoms with E-state index in [1.807, 2.05) is 0 Å². The van der Waals surface area contributed by atoms with Gasteiger partial charge in [0.15, 0.2) is 0 Å².